The Morgan fingerprint density at radius 1 is 0.903 bits per heavy atom. The number of sulfonamides is 1. The molecule has 3 N–H and O–H groups in total. The summed E-state index contributed by atoms with van der Waals surface area (Å²) in [6, 6.07) is 12.3. The Hall–Kier alpha value is -2.73. The van der Waals surface area contributed by atoms with Crippen LogP contribution in [0.5, 0.6) is 0 Å². The third-order valence-corrected chi connectivity index (χ3v) is 7.74. The molecule has 12 heteroatoms. The number of rotatable bonds is 8. The van der Waals surface area contributed by atoms with Crippen LogP contribution in [0.1, 0.15) is 6.92 Å². The van der Waals surface area contributed by atoms with Crippen LogP contribution < -0.4 is 15.4 Å². The van der Waals surface area contributed by atoms with Crippen LogP contribution in [0.25, 0.3) is 0 Å². The molecule has 3 aromatic rings. The summed E-state index contributed by atoms with van der Waals surface area (Å²) in [4.78, 5) is 8.13. The summed E-state index contributed by atoms with van der Waals surface area (Å²) < 4.78 is 51.6. The molecule has 0 bridgehead atoms. The monoisotopic (exact) mass is 481 g/mol. The minimum absolute atomic E-state index is 0.0316. The van der Waals surface area contributed by atoms with Crippen molar-refractivity contribution in [3.63, 3.8) is 0 Å². The van der Waals surface area contributed by atoms with E-state index >= 15 is 0 Å². The molecule has 9 nitrogen and oxygen atoms in total. The molecule has 2 aromatic carbocycles. The zero-order chi connectivity index (χ0) is 22.6. The Morgan fingerprint density at radius 2 is 1.55 bits per heavy atom. The molecule has 0 aliphatic heterocycles. The van der Waals surface area contributed by atoms with E-state index in [1.807, 2.05) is 0 Å². The lowest BCUT2D eigenvalue weighted by molar-refractivity contribution is 0.587. The molecule has 0 atom stereocenters. The Kier molecular flexibility index (Phi) is 6.80. The Balaban J connectivity index is 1.98. The minimum atomic E-state index is -3.78. The normalized spacial score (nSPS) is 11.8. The molecule has 0 unspecified atom stereocenters. The maximum Gasteiger partial charge on any atom is 0.240 e. The average Bonchev–Trinajstić information content (AvgIpc) is 2.75. The summed E-state index contributed by atoms with van der Waals surface area (Å²) in [6.45, 7) is 1.51. The molecule has 0 saturated carbocycles. The van der Waals surface area contributed by atoms with E-state index in [2.05, 4.69) is 25.3 Å². The van der Waals surface area contributed by atoms with Gasteiger partial charge in [-0.05, 0) is 49.5 Å². The number of halogens is 1. The van der Waals surface area contributed by atoms with Crippen LogP contribution in [0, 0.1) is 0 Å². The molecule has 0 fully saturated rings. The fraction of sp³-hybridized carbons (Fsp3) is 0.158. The number of hydrogen-bond acceptors (Lipinski definition) is 8. The minimum Gasteiger partial charge on any atom is -0.340 e. The quantitative estimate of drug-likeness (QED) is 0.446. The highest BCUT2D eigenvalue weighted by Crippen LogP contribution is 2.29. The zero-order valence-corrected chi connectivity index (χ0v) is 19.0. The lowest BCUT2D eigenvalue weighted by Gasteiger charge is -2.14. The highest BCUT2D eigenvalue weighted by molar-refractivity contribution is 7.91. The van der Waals surface area contributed by atoms with Crippen molar-refractivity contribution in [1.29, 1.82) is 0 Å². The second kappa shape index (κ2) is 9.18. The van der Waals surface area contributed by atoms with Crippen LogP contribution in [-0.4, -0.2) is 39.6 Å². The summed E-state index contributed by atoms with van der Waals surface area (Å²) in [6.07, 6.45) is 1.29. The summed E-state index contributed by atoms with van der Waals surface area (Å²) in [7, 11) is -6.13. The standard InChI is InChI=1S/C19H20ClN5O4S2/c1-3-30(26,27)17-9-8-15(31(28,29)21-2)10-16(17)25-19-11-18(22-12-23-19)24-14-6-4-13(20)5-7-14/h4-12,21H,3H2,1-2H3,(H2,22,23,24,25). The van der Waals surface area contributed by atoms with Gasteiger partial charge in [-0.1, -0.05) is 18.5 Å². The van der Waals surface area contributed by atoms with Crippen molar-refractivity contribution in [3.05, 3.63) is 59.9 Å². The van der Waals surface area contributed by atoms with E-state index < -0.39 is 19.9 Å². The van der Waals surface area contributed by atoms with Crippen LogP contribution in [0.2, 0.25) is 5.02 Å². The zero-order valence-electron chi connectivity index (χ0n) is 16.6. The summed E-state index contributed by atoms with van der Waals surface area (Å²) >= 11 is 5.89. The first kappa shape index (κ1) is 22.9. The fourth-order valence-electron chi connectivity index (χ4n) is 2.63. The number of nitrogens with one attached hydrogen (secondary N) is 3. The van der Waals surface area contributed by atoms with Crippen LogP contribution in [0.4, 0.5) is 23.0 Å². The van der Waals surface area contributed by atoms with Gasteiger partial charge in [0.2, 0.25) is 10.0 Å². The highest BCUT2D eigenvalue weighted by atomic mass is 35.5. The highest BCUT2D eigenvalue weighted by Gasteiger charge is 2.21. The summed E-state index contributed by atoms with van der Waals surface area (Å²) in [5, 5.41) is 6.58. The van der Waals surface area contributed by atoms with Gasteiger partial charge >= 0.3 is 0 Å². The molecule has 164 valence electrons. The molecule has 0 saturated heterocycles. The number of aromatic nitrogens is 2. The lowest BCUT2D eigenvalue weighted by atomic mass is 10.3. The molecule has 0 amide bonds. The van der Waals surface area contributed by atoms with Crippen molar-refractivity contribution in [2.75, 3.05) is 23.4 Å². The molecule has 0 aliphatic carbocycles. The van der Waals surface area contributed by atoms with Crippen LogP contribution in [0.3, 0.4) is 0 Å². The van der Waals surface area contributed by atoms with Crippen LogP contribution in [0.15, 0.2) is 64.6 Å². The van der Waals surface area contributed by atoms with Gasteiger partial charge in [-0.3, -0.25) is 0 Å². The van der Waals surface area contributed by atoms with Gasteiger partial charge in [0.15, 0.2) is 9.84 Å². The van der Waals surface area contributed by atoms with Gasteiger partial charge in [0, 0.05) is 16.8 Å². The van der Waals surface area contributed by atoms with Crippen molar-refractivity contribution in [1.82, 2.24) is 14.7 Å². The van der Waals surface area contributed by atoms with E-state index in [4.69, 9.17) is 11.6 Å². The maximum absolute atomic E-state index is 12.5. The number of benzene rings is 2. The van der Waals surface area contributed by atoms with Crippen molar-refractivity contribution >= 4 is 54.5 Å². The molecular weight excluding hydrogens is 462 g/mol. The van der Waals surface area contributed by atoms with E-state index in [0.29, 0.717) is 10.8 Å². The number of nitrogens with zero attached hydrogens (tertiary/aromatic N) is 2. The smallest absolute Gasteiger partial charge is 0.240 e. The van der Waals surface area contributed by atoms with E-state index in [9.17, 15) is 16.8 Å². The van der Waals surface area contributed by atoms with E-state index in [1.165, 1.54) is 38.5 Å². The van der Waals surface area contributed by atoms with E-state index in [1.54, 1.807) is 30.3 Å². The maximum atomic E-state index is 12.5. The molecule has 1 heterocycles. The number of sulfone groups is 1. The first-order chi connectivity index (χ1) is 14.6. The second-order valence-corrected chi connectivity index (χ2v) is 10.9. The molecule has 1 aromatic heterocycles. The van der Waals surface area contributed by atoms with Gasteiger partial charge in [-0.2, -0.15) is 0 Å². The van der Waals surface area contributed by atoms with Gasteiger partial charge in [-0.25, -0.2) is 31.5 Å². The Bertz CT molecular complexity index is 1300. The Labute approximate surface area is 185 Å². The van der Waals surface area contributed by atoms with Gasteiger partial charge < -0.3 is 10.6 Å². The first-order valence-corrected chi connectivity index (χ1v) is 12.6. The molecule has 0 aliphatic rings. The topological polar surface area (TPSA) is 130 Å². The largest absolute Gasteiger partial charge is 0.340 e. The molecule has 3 rings (SSSR count). The van der Waals surface area contributed by atoms with Gasteiger partial charge in [0.05, 0.1) is 21.2 Å². The fourth-order valence-corrected chi connectivity index (χ4v) is 4.54. The van der Waals surface area contributed by atoms with E-state index in [-0.39, 0.29) is 27.0 Å². The number of hydrogen-bond donors (Lipinski definition) is 3. The van der Waals surface area contributed by atoms with Crippen molar-refractivity contribution in [3.8, 4) is 0 Å². The predicted octanol–water partition coefficient (Wildman–Crippen LogP) is 3.32. The van der Waals surface area contributed by atoms with Crippen molar-refractivity contribution < 1.29 is 16.8 Å². The molecule has 31 heavy (non-hydrogen) atoms. The third-order valence-electron chi connectivity index (χ3n) is 4.29. The summed E-state index contributed by atoms with van der Waals surface area (Å²) in [5.41, 5.74) is 0.833. The predicted molar refractivity (Wildman–Crippen MR) is 120 cm³/mol. The third kappa shape index (κ3) is 5.50. The SMILES string of the molecule is CCS(=O)(=O)c1ccc(S(=O)(=O)NC)cc1Nc1cc(Nc2ccc(Cl)cc2)ncn1. The molecular formula is C19H20ClN5O4S2. The van der Waals surface area contributed by atoms with Gasteiger partial charge in [0.25, 0.3) is 0 Å². The average molecular weight is 482 g/mol. The van der Waals surface area contributed by atoms with Crippen molar-refractivity contribution in [2.45, 2.75) is 16.7 Å². The van der Waals surface area contributed by atoms with Crippen molar-refractivity contribution in [2.24, 2.45) is 0 Å². The number of anilines is 4. The van der Waals surface area contributed by atoms with Gasteiger partial charge in [0.1, 0.15) is 18.0 Å². The van der Waals surface area contributed by atoms with E-state index in [0.717, 1.165) is 5.69 Å². The Morgan fingerprint density at radius 3 is 2.16 bits per heavy atom. The van der Waals surface area contributed by atoms with Gasteiger partial charge in [-0.15, -0.1) is 0 Å². The lowest BCUT2D eigenvalue weighted by Crippen LogP contribution is -2.19. The van der Waals surface area contributed by atoms with Crippen LogP contribution >= 0.6 is 11.6 Å². The molecule has 0 radical (unpaired) electrons. The van der Waals surface area contributed by atoms with Crippen LogP contribution in [-0.2, 0) is 19.9 Å². The molecule has 0 spiro atoms. The second-order valence-electron chi connectivity index (χ2n) is 6.31. The first-order valence-electron chi connectivity index (χ1n) is 9.06. The summed E-state index contributed by atoms with van der Waals surface area (Å²) in [5.74, 6) is 0.573.